The van der Waals surface area contributed by atoms with Crippen LogP contribution in [0.2, 0.25) is 0 Å². The molecule has 2 aromatic carbocycles. The monoisotopic (exact) mass is 380 g/mol. The summed E-state index contributed by atoms with van der Waals surface area (Å²) in [7, 11) is 0. The van der Waals surface area contributed by atoms with Gasteiger partial charge in [-0.3, -0.25) is 9.78 Å². The van der Waals surface area contributed by atoms with E-state index in [2.05, 4.69) is 20.5 Å². The predicted molar refractivity (Wildman–Crippen MR) is 107 cm³/mol. The summed E-state index contributed by atoms with van der Waals surface area (Å²) in [6.07, 6.45) is 3.21. The van der Waals surface area contributed by atoms with Gasteiger partial charge < -0.3 is 4.74 Å². The summed E-state index contributed by atoms with van der Waals surface area (Å²) < 4.78 is 19.3. The van der Waals surface area contributed by atoms with E-state index in [4.69, 9.17) is 4.74 Å². The first-order valence-corrected chi connectivity index (χ1v) is 8.99. The first-order chi connectivity index (χ1) is 13.6. The summed E-state index contributed by atoms with van der Waals surface area (Å²) in [5.74, 6) is 0.596. The number of hydrogen-bond donors (Lipinski definition) is 2. The molecule has 1 heterocycles. The van der Waals surface area contributed by atoms with E-state index in [9.17, 15) is 9.18 Å². The first-order valence-electron chi connectivity index (χ1n) is 8.99. The highest BCUT2D eigenvalue weighted by molar-refractivity contribution is 5.80. The second-order valence-corrected chi connectivity index (χ2v) is 6.16. The molecule has 0 unspecified atom stereocenters. The molecule has 7 heteroatoms. The van der Waals surface area contributed by atoms with Gasteiger partial charge in [0.05, 0.1) is 6.21 Å². The van der Waals surface area contributed by atoms with E-state index in [1.54, 1.807) is 36.5 Å². The highest BCUT2D eigenvalue weighted by Gasteiger charge is 2.03. The summed E-state index contributed by atoms with van der Waals surface area (Å²) in [6.45, 7) is 2.16. The molecule has 0 aliphatic rings. The number of aryl methyl sites for hydroxylation is 1. The number of aromatic amines is 1. The van der Waals surface area contributed by atoms with Gasteiger partial charge in [0, 0.05) is 17.3 Å². The van der Waals surface area contributed by atoms with Crippen LogP contribution in [0.25, 0.3) is 0 Å². The van der Waals surface area contributed by atoms with Crippen LogP contribution in [0, 0.1) is 5.82 Å². The topological polar surface area (TPSA) is 79.4 Å². The van der Waals surface area contributed by atoms with Crippen molar-refractivity contribution in [2.24, 2.45) is 5.10 Å². The lowest BCUT2D eigenvalue weighted by molar-refractivity contribution is 0.300. The fourth-order valence-corrected chi connectivity index (χ4v) is 2.57. The molecule has 0 radical (unpaired) electrons. The van der Waals surface area contributed by atoms with Crippen molar-refractivity contribution >= 4 is 12.2 Å². The van der Waals surface area contributed by atoms with Crippen molar-refractivity contribution in [2.75, 3.05) is 5.43 Å². The fourth-order valence-electron chi connectivity index (χ4n) is 2.57. The van der Waals surface area contributed by atoms with Gasteiger partial charge in [0.25, 0.3) is 5.56 Å². The number of aromatic nitrogens is 2. The Hall–Kier alpha value is -3.48. The second kappa shape index (κ2) is 9.45. The van der Waals surface area contributed by atoms with E-state index in [1.807, 2.05) is 19.1 Å². The summed E-state index contributed by atoms with van der Waals surface area (Å²) in [4.78, 5) is 18.5. The Balaban J connectivity index is 1.63. The summed E-state index contributed by atoms with van der Waals surface area (Å²) in [5, 5.41) is 4.10. The Kier molecular flexibility index (Phi) is 6.51. The fraction of sp³-hybridized carbons (Fsp3) is 0.190. The van der Waals surface area contributed by atoms with Crippen LogP contribution in [0.3, 0.4) is 0 Å². The van der Waals surface area contributed by atoms with E-state index in [0.717, 1.165) is 18.4 Å². The van der Waals surface area contributed by atoms with E-state index >= 15 is 0 Å². The van der Waals surface area contributed by atoms with E-state index < -0.39 is 0 Å². The van der Waals surface area contributed by atoms with Gasteiger partial charge in [0.1, 0.15) is 18.2 Å². The van der Waals surface area contributed by atoms with Crippen LogP contribution in [0.15, 0.2) is 64.5 Å². The molecule has 6 nitrogen and oxygen atoms in total. The molecule has 2 N–H and O–H groups in total. The molecule has 0 spiro atoms. The molecule has 1 aromatic heterocycles. The number of nitrogens with one attached hydrogen (secondary N) is 2. The Morgan fingerprint density at radius 2 is 2.07 bits per heavy atom. The summed E-state index contributed by atoms with van der Waals surface area (Å²) in [5.41, 5.74) is 4.50. The van der Waals surface area contributed by atoms with E-state index in [0.29, 0.717) is 23.0 Å². The minimum Gasteiger partial charge on any atom is -0.489 e. The zero-order valence-corrected chi connectivity index (χ0v) is 15.5. The third-order valence-corrected chi connectivity index (χ3v) is 3.90. The molecule has 0 amide bonds. The smallest absolute Gasteiger partial charge is 0.252 e. The molecule has 0 saturated heterocycles. The van der Waals surface area contributed by atoms with Crippen LogP contribution in [-0.2, 0) is 13.0 Å². The number of benzene rings is 2. The van der Waals surface area contributed by atoms with Crippen LogP contribution in [-0.4, -0.2) is 16.2 Å². The minimum atomic E-state index is -0.295. The third-order valence-electron chi connectivity index (χ3n) is 3.90. The predicted octanol–water partition coefficient (Wildman–Crippen LogP) is 3.89. The normalized spacial score (nSPS) is 10.9. The molecule has 0 aliphatic heterocycles. The lowest BCUT2D eigenvalue weighted by atomic mass is 10.2. The van der Waals surface area contributed by atoms with Gasteiger partial charge >= 0.3 is 0 Å². The molecule has 0 saturated carbocycles. The Bertz CT molecular complexity index is 1020. The molecule has 0 fully saturated rings. The Labute approximate surface area is 162 Å². The number of hydrazone groups is 1. The quantitative estimate of drug-likeness (QED) is 0.459. The summed E-state index contributed by atoms with van der Waals surface area (Å²) in [6, 6.07) is 15.2. The number of nitrogens with zero attached hydrogens (tertiary/aromatic N) is 2. The van der Waals surface area contributed by atoms with Crippen LogP contribution < -0.4 is 15.7 Å². The average Bonchev–Trinajstić information content (AvgIpc) is 2.68. The lowest BCUT2D eigenvalue weighted by Crippen LogP contribution is -2.11. The van der Waals surface area contributed by atoms with Gasteiger partial charge in [-0.1, -0.05) is 43.7 Å². The molecule has 3 rings (SSSR count). The van der Waals surface area contributed by atoms with E-state index in [-0.39, 0.29) is 18.0 Å². The zero-order chi connectivity index (χ0) is 19.8. The van der Waals surface area contributed by atoms with Crippen molar-refractivity contribution < 1.29 is 9.13 Å². The highest BCUT2D eigenvalue weighted by atomic mass is 19.1. The number of anilines is 1. The van der Waals surface area contributed by atoms with Gasteiger partial charge in [0.2, 0.25) is 5.95 Å². The molecular weight excluding hydrogens is 359 g/mol. The van der Waals surface area contributed by atoms with Crippen LogP contribution in [0.5, 0.6) is 5.75 Å². The highest BCUT2D eigenvalue weighted by Crippen LogP contribution is 2.15. The standard InChI is InChI=1S/C21H21FN4O2/c1-2-6-17-12-20(27)25-21(24-17)26-23-13-15-7-5-9-18(11-15)28-14-16-8-3-4-10-19(16)22/h3-5,7-13H,2,6,14H2,1H3,(H2,24,25,26,27)/b23-13+. The first kappa shape index (κ1) is 19.3. The Morgan fingerprint density at radius 1 is 1.21 bits per heavy atom. The molecule has 0 bridgehead atoms. The molecule has 144 valence electrons. The SMILES string of the molecule is CCCc1cc(=O)[nH]c(N/N=C/c2cccc(OCc3ccccc3F)c2)n1. The number of ether oxygens (including phenoxy) is 1. The molecular formula is C21H21FN4O2. The number of hydrogen-bond acceptors (Lipinski definition) is 5. The number of rotatable bonds is 8. The van der Waals surface area contributed by atoms with Gasteiger partial charge in [-0.05, 0) is 30.2 Å². The van der Waals surface area contributed by atoms with Crippen LogP contribution in [0.4, 0.5) is 10.3 Å². The summed E-state index contributed by atoms with van der Waals surface area (Å²) >= 11 is 0. The van der Waals surface area contributed by atoms with Crippen LogP contribution >= 0.6 is 0 Å². The number of halogens is 1. The average molecular weight is 380 g/mol. The minimum absolute atomic E-state index is 0.140. The van der Waals surface area contributed by atoms with Crippen molar-refractivity contribution in [1.29, 1.82) is 0 Å². The Morgan fingerprint density at radius 3 is 2.89 bits per heavy atom. The maximum atomic E-state index is 13.7. The number of H-pyrrole nitrogens is 1. The van der Waals surface area contributed by atoms with Crippen molar-refractivity contribution in [3.05, 3.63) is 87.6 Å². The molecule has 28 heavy (non-hydrogen) atoms. The maximum Gasteiger partial charge on any atom is 0.252 e. The van der Waals surface area contributed by atoms with E-state index in [1.165, 1.54) is 12.1 Å². The van der Waals surface area contributed by atoms with Gasteiger partial charge in [0.15, 0.2) is 0 Å². The molecule has 0 aliphatic carbocycles. The van der Waals surface area contributed by atoms with Crippen molar-refractivity contribution in [1.82, 2.24) is 9.97 Å². The maximum absolute atomic E-state index is 13.7. The molecule has 0 atom stereocenters. The van der Waals surface area contributed by atoms with Gasteiger partial charge in [-0.25, -0.2) is 14.8 Å². The van der Waals surface area contributed by atoms with Crippen molar-refractivity contribution in [3.8, 4) is 5.75 Å². The van der Waals surface area contributed by atoms with Crippen molar-refractivity contribution in [3.63, 3.8) is 0 Å². The lowest BCUT2D eigenvalue weighted by Gasteiger charge is -2.07. The van der Waals surface area contributed by atoms with Crippen LogP contribution in [0.1, 0.15) is 30.2 Å². The largest absolute Gasteiger partial charge is 0.489 e. The van der Waals surface area contributed by atoms with Gasteiger partial charge in [-0.2, -0.15) is 5.10 Å². The van der Waals surface area contributed by atoms with Crippen molar-refractivity contribution in [2.45, 2.75) is 26.4 Å². The third kappa shape index (κ3) is 5.51. The zero-order valence-electron chi connectivity index (χ0n) is 15.5. The molecule has 3 aromatic rings. The second-order valence-electron chi connectivity index (χ2n) is 6.16. The van der Waals surface area contributed by atoms with Gasteiger partial charge in [-0.15, -0.1) is 0 Å².